The number of nitrogens with zero attached hydrogens (tertiary/aromatic N) is 3. The number of thiazole rings is 1. The van der Waals surface area contributed by atoms with Gasteiger partial charge < -0.3 is 10.3 Å². The number of amides is 1. The minimum atomic E-state index is -3.56. The van der Waals surface area contributed by atoms with Gasteiger partial charge in [-0.05, 0) is 29.8 Å². The van der Waals surface area contributed by atoms with Crippen LogP contribution in [0, 0.1) is 0 Å². The molecule has 0 aliphatic rings. The summed E-state index contributed by atoms with van der Waals surface area (Å²) in [6.07, 6.45) is 3.61. The summed E-state index contributed by atoms with van der Waals surface area (Å²) < 4.78 is 26.3. The molecule has 4 rings (SSSR count). The summed E-state index contributed by atoms with van der Waals surface area (Å²) >= 11 is 1.33. The number of fused-ring (bicyclic) bond motifs is 1. The number of aromatic nitrogens is 3. The Morgan fingerprint density at radius 3 is 2.90 bits per heavy atom. The molecule has 0 aliphatic carbocycles. The number of carbonyl (C=O) groups excluding carboxylic acids is 1. The van der Waals surface area contributed by atoms with Gasteiger partial charge in [-0.1, -0.05) is 19.1 Å². The first-order chi connectivity index (χ1) is 14.9. The second-order valence-corrected chi connectivity index (χ2v) is 9.83. The number of pyridine rings is 1. The number of hydrogen-bond acceptors (Lipinski definition) is 6. The second kappa shape index (κ2) is 8.58. The van der Waals surface area contributed by atoms with E-state index in [-0.39, 0.29) is 17.2 Å². The average molecular weight is 456 g/mol. The van der Waals surface area contributed by atoms with Crippen molar-refractivity contribution in [1.82, 2.24) is 19.3 Å². The van der Waals surface area contributed by atoms with E-state index in [9.17, 15) is 13.2 Å². The topological polar surface area (TPSA) is 108 Å². The van der Waals surface area contributed by atoms with E-state index in [1.165, 1.54) is 34.8 Å². The lowest BCUT2D eigenvalue weighted by Crippen LogP contribution is -2.26. The molecular weight excluding hydrogens is 434 g/mol. The highest BCUT2D eigenvalue weighted by Gasteiger charge is 2.20. The Bertz CT molecular complexity index is 1340. The molecule has 0 bridgehead atoms. The molecule has 8 nitrogen and oxygen atoms in total. The van der Waals surface area contributed by atoms with Gasteiger partial charge in [-0.15, -0.1) is 11.3 Å². The van der Waals surface area contributed by atoms with Gasteiger partial charge in [0, 0.05) is 42.3 Å². The Kier molecular flexibility index (Phi) is 5.86. The lowest BCUT2D eigenvalue weighted by Gasteiger charge is -2.15. The number of hydrogen-bond donors (Lipinski definition) is 2. The Hall–Kier alpha value is -3.08. The monoisotopic (exact) mass is 455 g/mol. The molecular formula is C21H21N5O3S2. The number of H-pyrrole nitrogens is 1. The van der Waals surface area contributed by atoms with Crippen LogP contribution in [0.3, 0.4) is 0 Å². The molecule has 31 heavy (non-hydrogen) atoms. The van der Waals surface area contributed by atoms with Crippen molar-refractivity contribution >= 4 is 43.4 Å². The minimum absolute atomic E-state index is 0.0467. The van der Waals surface area contributed by atoms with Crippen molar-refractivity contribution in [3.05, 3.63) is 59.7 Å². The molecule has 4 aromatic rings. The van der Waals surface area contributed by atoms with Gasteiger partial charge in [0.1, 0.15) is 5.65 Å². The molecule has 160 valence electrons. The molecule has 0 saturated heterocycles. The highest BCUT2D eigenvalue weighted by molar-refractivity contribution is 7.89. The van der Waals surface area contributed by atoms with Crippen LogP contribution in [0.2, 0.25) is 0 Å². The van der Waals surface area contributed by atoms with Gasteiger partial charge in [-0.2, -0.15) is 0 Å². The third-order valence-corrected chi connectivity index (χ3v) is 7.58. The van der Waals surface area contributed by atoms with Crippen molar-refractivity contribution in [2.45, 2.75) is 18.2 Å². The SMILES string of the molecule is CCN(C)S(=O)(=O)c1cccc(CC(=O)Nc2nc(-c3c[nH]c4ncccc34)cs2)c1. The van der Waals surface area contributed by atoms with Crippen molar-refractivity contribution in [3.63, 3.8) is 0 Å². The van der Waals surface area contributed by atoms with Gasteiger partial charge in [0.05, 0.1) is 17.0 Å². The first-order valence-corrected chi connectivity index (χ1v) is 11.9. The van der Waals surface area contributed by atoms with Crippen molar-refractivity contribution < 1.29 is 13.2 Å². The Balaban J connectivity index is 1.47. The largest absolute Gasteiger partial charge is 0.345 e. The number of aromatic amines is 1. The van der Waals surface area contributed by atoms with E-state index < -0.39 is 10.0 Å². The van der Waals surface area contributed by atoms with Gasteiger partial charge >= 0.3 is 0 Å². The zero-order valence-electron chi connectivity index (χ0n) is 17.0. The standard InChI is InChI=1S/C21H21N5O3S2/c1-3-26(2)31(28,29)15-7-4-6-14(10-15)11-19(27)25-21-24-18(13-30-21)17-12-23-20-16(17)8-5-9-22-20/h4-10,12-13H,3,11H2,1-2H3,(H,22,23)(H,24,25,27). The lowest BCUT2D eigenvalue weighted by atomic mass is 10.1. The van der Waals surface area contributed by atoms with E-state index in [1.807, 2.05) is 23.7 Å². The molecule has 0 atom stereocenters. The molecule has 2 N–H and O–H groups in total. The maximum atomic E-state index is 12.5. The van der Waals surface area contributed by atoms with E-state index in [0.29, 0.717) is 17.2 Å². The van der Waals surface area contributed by atoms with Crippen LogP contribution < -0.4 is 5.32 Å². The first kappa shape index (κ1) is 21.2. The van der Waals surface area contributed by atoms with Crippen LogP contribution in [-0.2, 0) is 21.2 Å². The summed E-state index contributed by atoms with van der Waals surface area (Å²) in [4.78, 5) is 24.6. The van der Waals surface area contributed by atoms with Gasteiger partial charge in [0.15, 0.2) is 5.13 Å². The third-order valence-electron chi connectivity index (χ3n) is 4.89. The Morgan fingerprint density at radius 1 is 1.26 bits per heavy atom. The molecule has 0 saturated carbocycles. The summed E-state index contributed by atoms with van der Waals surface area (Å²) in [5.41, 5.74) is 3.05. The van der Waals surface area contributed by atoms with Gasteiger partial charge in [-0.3, -0.25) is 4.79 Å². The van der Waals surface area contributed by atoms with E-state index in [1.54, 1.807) is 25.3 Å². The molecule has 1 aromatic carbocycles. The molecule has 10 heteroatoms. The molecule has 0 unspecified atom stereocenters. The maximum Gasteiger partial charge on any atom is 0.242 e. The molecule has 0 spiro atoms. The number of carbonyl (C=O) groups is 1. The fraction of sp³-hybridized carbons (Fsp3) is 0.190. The first-order valence-electron chi connectivity index (χ1n) is 9.61. The summed E-state index contributed by atoms with van der Waals surface area (Å²) in [5.74, 6) is -0.264. The zero-order valence-corrected chi connectivity index (χ0v) is 18.6. The van der Waals surface area contributed by atoms with Crippen LogP contribution in [0.15, 0.2) is 59.1 Å². The van der Waals surface area contributed by atoms with E-state index >= 15 is 0 Å². The van der Waals surface area contributed by atoms with E-state index in [4.69, 9.17) is 0 Å². The van der Waals surface area contributed by atoms with Crippen LogP contribution in [0.5, 0.6) is 0 Å². The van der Waals surface area contributed by atoms with Crippen molar-refractivity contribution in [3.8, 4) is 11.3 Å². The van der Waals surface area contributed by atoms with Crippen molar-refractivity contribution in [2.75, 3.05) is 18.9 Å². The Labute approximate surface area is 184 Å². The predicted octanol–water partition coefficient (Wildman–Crippen LogP) is 3.51. The van der Waals surface area contributed by atoms with E-state index in [2.05, 4.69) is 20.3 Å². The summed E-state index contributed by atoms with van der Waals surface area (Å²) in [7, 11) is -2.04. The molecule has 1 amide bonds. The summed E-state index contributed by atoms with van der Waals surface area (Å²) in [6.45, 7) is 2.13. The number of nitrogens with one attached hydrogen (secondary N) is 2. The normalized spacial score (nSPS) is 11.8. The predicted molar refractivity (Wildman–Crippen MR) is 121 cm³/mol. The summed E-state index contributed by atoms with van der Waals surface area (Å²) in [5, 5.41) is 6.11. The lowest BCUT2D eigenvalue weighted by molar-refractivity contribution is -0.115. The maximum absolute atomic E-state index is 12.5. The smallest absolute Gasteiger partial charge is 0.242 e. The van der Waals surface area contributed by atoms with Crippen LogP contribution in [-0.4, -0.2) is 47.2 Å². The number of anilines is 1. The summed E-state index contributed by atoms with van der Waals surface area (Å²) in [6, 6.07) is 10.3. The number of rotatable bonds is 7. The fourth-order valence-corrected chi connectivity index (χ4v) is 5.11. The molecule has 0 fully saturated rings. The van der Waals surface area contributed by atoms with Gasteiger partial charge in [0.25, 0.3) is 0 Å². The van der Waals surface area contributed by atoms with Crippen molar-refractivity contribution in [1.29, 1.82) is 0 Å². The Morgan fingerprint density at radius 2 is 2.10 bits per heavy atom. The van der Waals surface area contributed by atoms with Gasteiger partial charge in [0.2, 0.25) is 15.9 Å². The molecule has 0 radical (unpaired) electrons. The van der Waals surface area contributed by atoms with E-state index in [0.717, 1.165) is 22.3 Å². The van der Waals surface area contributed by atoms with Crippen LogP contribution in [0.1, 0.15) is 12.5 Å². The highest BCUT2D eigenvalue weighted by Crippen LogP contribution is 2.30. The molecule has 3 aromatic heterocycles. The average Bonchev–Trinajstić information content (AvgIpc) is 3.39. The molecule has 3 heterocycles. The number of sulfonamides is 1. The highest BCUT2D eigenvalue weighted by atomic mass is 32.2. The van der Waals surface area contributed by atoms with Crippen molar-refractivity contribution in [2.24, 2.45) is 0 Å². The zero-order chi connectivity index (χ0) is 22.0. The van der Waals surface area contributed by atoms with Crippen LogP contribution in [0.4, 0.5) is 5.13 Å². The quantitative estimate of drug-likeness (QED) is 0.443. The second-order valence-electron chi connectivity index (χ2n) is 6.93. The fourth-order valence-electron chi connectivity index (χ4n) is 3.14. The van der Waals surface area contributed by atoms with Crippen LogP contribution in [0.25, 0.3) is 22.3 Å². The number of benzene rings is 1. The minimum Gasteiger partial charge on any atom is -0.345 e. The van der Waals surface area contributed by atoms with Gasteiger partial charge in [-0.25, -0.2) is 22.7 Å². The van der Waals surface area contributed by atoms with Crippen LogP contribution >= 0.6 is 11.3 Å². The third kappa shape index (κ3) is 4.36. The molecule has 0 aliphatic heterocycles.